The van der Waals surface area contributed by atoms with Gasteiger partial charge in [-0.15, -0.1) is 0 Å². The molecule has 3 aromatic carbocycles. The van der Waals surface area contributed by atoms with Crippen molar-refractivity contribution in [3.8, 4) is 6.07 Å². The molecule has 13 heteroatoms. The molecule has 1 aromatic heterocycles. The zero-order chi connectivity index (χ0) is 27.2. The number of halogens is 6. The van der Waals surface area contributed by atoms with Crippen LogP contribution in [0.1, 0.15) is 37.4 Å². The number of rotatable bonds is 4. The standard InChI is InChI=1S/C24H13ClF5N5O2/c1-35-22(32)15-8-18(33-23(37)10-4-11(24(28,29)30)6-13(27)5-10)19(16(9-31)20(15)34-35)21(36)14-7-12(26)2-3-17(14)25/h2-8H,32H2,1H3,(H,33,37). The second-order valence-electron chi connectivity index (χ2n) is 7.82. The number of nitrogen functional groups attached to an aromatic ring is 1. The Labute approximate surface area is 209 Å². The number of aromatic nitrogens is 2. The number of nitrogens with zero attached hydrogens (tertiary/aromatic N) is 3. The quantitative estimate of drug-likeness (QED) is 0.267. The number of benzene rings is 3. The van der Waals surface area contributed by atoms with Crippen molar-refractivity contribution in [2.45, 2.75) is 6.18 Å². The van der Waals surface area contributed by atoms with Gasteiger partial charge in [-0.3, -0.25) is 14.3 Å². The first-order valence-electron chi connectivity index (χ1n) is 10.2. The third kappa shape index (κ3) is 4.68. The van der Waals surface area contributed by atoms with Crippen LogP contribution in [0.2, 0.25) is 5.02 Å². The second-order valence-corrected chi connectivity index (χ2v) is 8.23. The van der Waals surface area contributed by atoms with Gasteiger partial charge in [0.15, 0.2) is 5.78 Å². The number of amides is 1. The first-order chi connectivity index (χ1) is 17.3. The summed E-state index contributed by atoms with van der Waals surface area (Å²) in [6.45, 7) is 0. The Bertz CT molecular complexity index is 1660. The molecule has 3 N–H and O–H groups in total. The Morgan fingerprint density at radius 2 is 1.81 bits per heavy atom. The molecule has 0 aliphatic rings. The molecule has 0 aliphatic carbocycles. The van der Waals surface area contributed by atoms with Gasteiger partial charge in [-0.05, 0) is 42.5 Å². The molecule has 37 heavy (non-hydrogen) atoms. The second kappa shape index (κ2) is 9.18. The van der Waals surface area contributed by atoms with Crippen molar-refractivity contribution in [2.75, 3.05) is 11.1 Å². The van der Waals surface area contributed by atoms with Crippen LogP contribution >= 0.6 is 11.6 Å². The van der Waals surface area contributed by atoms with Gasteiger partial charge in [-0.1, -0.05) is 11.6 Å². The van der Waals surface area contributed by atoms with Gasteiger partial charge in [0.05, 0.1) is 27.4 Å². The van der Waals surface area contributed by atoms with Gasteiger partial charge in [-0.25, -0.2) is 8.78 Å². The van der Waals surface area contributed by atoms with E-state index in [9.17, 15) is 36.8 Å². The minimum atomic E-state index is -4.94. The van der Waals surface area contributed by atoms with Gasteiger partial charge in [0.1, 0.15) is 29.0 Å². The SMILES string of the molecule is Cn1nc2c(C#N)c(C(=O)c3cc(F)ccc3Cl)c(NC(=O)c3cc(F)cc(C(F)(F)F)c3)cc2c1N. The van der Waals surface area contributed by atoms with Crippen molar-refractivity contribution in [2.24, 2.45) is 7.05 Å². The summed E-state index contributed by atoms with van der Waals surface area (Å²) < 4.78 is 68.4. The van der Waals surface area contributed by atoms with Gasteiger partial charge < -0.3 is 11.1 Å². The molecule has 0 saturated carbocycles. The Kier molecular flexibility index (Phi) is 6.35. The highest BCUT2D eigenvalue weighted by Gasteiger charge is 2.32. The van der Waals surface area contributed by atoms with Gasteiger partial charge in [0, 0.05) is 23.6 Å². The zero-order valence-electron chi connectivity index (χ0n) is 18.5. The lowest BCUT2D eigenvalue weighted by atomic mass is 9.94. The van der Waals surface area contributed by atoms with Crippen LogP contribution in [-0.4, -0.2) is 21.5 Å². The van der Waals surface area contributed by atoms with E-state index in [2.05, 4.69) is 10.4 Å². The first-order valence-corrected chi connectivity index (χ1v) is 10.6. The number of nitrogens with one attached hydrogen (secondary N) is 1. The minimum absolute atomic E-state index is 0.0264. The molecule has 0 spiro atoms. The zero-order valence-corrected chi connectivity index (χ0v) is 19.3. The van der Waals surface area contributed by atoms with Crippen LogP contribution in [0.5, 0.6) is 0 Å². The Hall–Kier alpha value is -4.50. The van der Waals surface area contributed by atoms with Crippen molar-refractivity contribution in [3.63, 3.8) is 0 Å². The number of aryl methyl sites for hydroxylation is 1. The van der Waals surface area contributed by atoms with Crippen LogP contribution in [-0.2, 0) is 13.2 Å². The van der Waals surface area contributed by atoms with Crippen LogP contribution in [0, 0.1) is 23.0 Å². The van der Waals surface area contributed by atoms with Crippen molar-refractivity contribution in [1.82, 2.24) is 9.78 Å². The summed E-state index contributed by atoms with van der Waals surface area (Å²) in [6, 6.07) is 7.12. The number of fused-ring (bicyclic) bond motifs is 1. The molecule has 7 nitrogen and oxygen atoms in total. The monoisotopic (exact) mass is 533 g/mol. The molecule has 4 rings (SSSR count). The first kappa shape index (κ1) is 25.6. The molecule has 4 aromatic rings. The van der Waals surface area contributed by atoms with Crippen LogP contribution in [0.3, 0.4) is 0 Å². The van der Waals surface area contributed by atoms with E-state index in [0.29, 0.717) is 12.1 Å². The predicted octanol–water partition coefficient (Wildman–Crippen LogP) is 5.46. The molecule has 0 aliphatic heterocycles. The summed E-state index contributed by atoms with van der Waals surface area (Å²) in [5, 5.41) is 16.2. The summed E-state index contributed by atoms with van der Waals surface area (Å²) in [6.07, 6.45) is -4.94. The van der Waals surface area contributed by atoms with Crippen molar-refractivity contribution < 1.29 is 31.5 Å². The van der Waals surface area contributed by atoms with Gasteiger partial charge in [0.2, 0.25) is 0 Å². The summed E-state index contributed by atoms with van der Waals surface area (Å²) in [7, 11) is 1.45. The smallest absolute Gasteiger partial charge is 0.383 e. The van der Waals surface area contributed by atoms with E-state index in [0.717, 1.165) is 18.2 Å². The van der Waals surface area contributed by atoms with Crippen LogP contribution in [0.25, 0.3) is 10.9 Å². The summed E-state index contributed by atoms with van der Waals surface area (Å²) in [5.74, 6) is -4.32. The molecule has 0 radical (unpaired) electrons. The van der Waals surface area contributed by atoms with Gasteiger partial charge in [0.25, 0.3) is 5.91 Å². The van der Waals surface area contributed by atoms with Crippen molar-refractivity contribution >= 4 is 45.7 Å². The van der Waals surface area contributed by atoms with E-state index >= 15 is 0 Å². The lowest BCUT2D eigenvalue weighted by molar-refractivity contribution is -0.137. The molecule has 188 valence electrons. The highest BCUT2D eigenvalue weighted by atomic mass is 35.5. The molecule has 0 atom stereocenters. The largest absolute Gasteiger partial charge is 0.416 e. The fraction of sp³-hybridized carbons (Fsp3) is 0.0833. The van der Waals surface area contributed by atoms with E-state index in [1.807, 2.05) is 0 Å². The fourth-order valence-corrected chi connectivity index (χ4v) is 3.88. The number of anilines is 2. The molecule has 0 unspecified atom stereocenters. The van der Waals surface area contributed by atoms with Gasteiger partial charge >= 0.3 is 6.18 Å². The number of ketones is 1. The van der Waals surface area contributed by atoms with E-state index in [1.54, 1.807) is 6.07 Å². The number of alkyl halides is 3. The van der Waals surface area contributed by atoms with Gasteiger partial charge in [-0.2, -0.15) is 23.5 Å². The molecule has 0 saturated heterocycles. The maximum absolute atomic E-state index is 13.9. The lowest BCUT2D eigenvalue weighted by Gasteiger charge is -2.15. The number of nitrogens with two attached hydrogens (primary N) is 1. The Morgan fingerprint density at radius 1 is 1.11 bits per heavy atom. The normalized spacial score (nSPS) is 11.4. The Balaban J connectivity index is 1.94. The molecule has 1 heterocycles. The highest BCUT2D eigenvalue weighted by molar-refractivity contribution is 6.35. The summed E-state index contributed by atoms with van der Waals surface area (Å²) in [4.78, 5) is 26.4. The topological polar surface area (TPSA) is 114 Å². The molecule has 0 bridgehead atoms. The maximum Gasteiger partial charge on any atom is 0.416 e. The summed E-state index contributed by atoms with van der Waals surface area (Å²) in [5.41, 5.74) is 2.28. The molecular weight excluding hydrogens is 521 g/mol. The lowest BCUT2D eigenvalue weighted by Crippen LogP contribution is -2.18. The number of carbonyl (C=O) groups excluding carboxylic acids is 2. The van der Waals surface area contributed by atoms with E-state index < -0.39 is 46.2 Å². The van der Waals surface area contributed by atoms with Crippen LogP contribution in [0.15, 0.2) is 42.5 Å². The predicted molar refractivity (Wildman–Crippen MR) is 124 cm³/mol. The minimum Gasteiger partial charge on any atom is -0.383 e. The number of hydrogen-bond acceptors (Lipinski definition) is 5. The summed E-state index contributed by atoms with van der Waals surface area (Å²) >= 11 is 6.07. The van der Waals surface area contributed by atoms with E-state index in [1.165, 1.54) is 17.8 Å². The third-order valence-corrected chi connectivity index (χ3v) is 5.75. The fourth-order valence-electron chi connectivity index (χ4n) is 3.68. The maximum atomic E-state index is 13.9. The van der Waals surface area contributed by atoms with E-state index in [-0.39, 0.29) is 44.6 Å². The van der Waals surface area contributed by atoms with Crippen LogP contribution in [0.4, 0.5) is 33.5 Å². The number of nitriles is 1. The third-order valence-electron chi connectivity index (χ3n) is 5.42. The van der Waals surface area contributed by atoms with Crippen LogP contribution < -0.4 is 11.1 Å². The van der Waals surface area contributed by atoms with Crippen molar-refractivity contribution in [1.29, 1.82) is 5.26 Å². The molecule has 0 fully saturated rings. The molecular formula is C24H13ClF5N5O2. The van der Waals surface area contributed by atoms with E-state index in [4.69, 9.17) is 17.3 Å². The number of hydrogen-bond donors (Lipinski definition) is 2. The molecule has 1 amide bonds. The highest BCUT2D eigenvalue weighted by Crippen LogP contribution is 2.35. The average molecular weight is 534 g/mol. The van der Waals surface area contributed by atoms with Crippen molar-refractivity contribution in [3.05, 3.63) is 86.9 Å². The average Bonchev–Trinajstić information content (AvgIpc) is 3.11. The number of carbonyl (C=O) groups is 2. The Morgan fingerprint density at radius 3 is 2.46 bits per heavy atom.